The fourth-order valence-corrected chi connectivity index (χ4v) is 1.92. The van der Waals surface area contributed by atoms with Crippen molar-refractivity contribution < 1.29 is 19.4 Å². The molecule has 9 heteroatoms. The van der Waals surface area contributed by atoms with E-state index in [0.29, 0.717) is 5.56 Å². The van der Waals surface area contributed by atoms with Crippen molar-refractivity contribution in [3.63, 3.8) is 0 Å². The van der Waals surface area contributed by atoms with E-state index in [2.05, 4.69) is 5.32 Å². The van der Waals surface area contributed by atoms with Gasteiger partial charge in [-0.3, -0.25) is 25.0 Å². The smallest absolute Gasteiger partial charge is 0.274 e. The molecule has 2 aromatic rings. The number of nitro groups is 2. The SMILES string of the molecule is Cc1ccc(NC(=O)COc2cccc([N+](=O)[O-])c2)cc1[N+](=O)[O-]. The van der Waals surface area contributed by atoms with E-state index in [1.54, 1.807) is 6.92 Å². The molecule has 124 valence electrons. The number of ether oxygens (including phenoxy) is 1. The second-order valence-corrected chi connectivity index (χ2v) is 4.85. The van der Waals surface area contributed by atoms with Gasteiger partial charge in [-0.25, -0.2) is 0 Å². The van der Waals surface area contributed by atoms with Crippen LogP contribution in [0.1, 0.15) is 5.56 Å². The van der Waals surface area contributed by atoms with E-state index >= 15 is 0 Å². The van der Waals surface area contributed by atoms with Gasteiger partial charge in [0.2, 0.25) is 0 Å². The zero-order chi connectivity index (χ0) is 17.7. The molecular formula is C15H13N3O6. The van der Waals surface area contributed by atoms with Gasteiger partial charge in [0.1, 0.15) is 5.75 Å². The summed E-state index contributed by atoms with van der Waals surface area (Å²) in [5.41, 5.74) is 0.486. The van der Waals surface area contributed by atoms with Crippen LogP contribution in [0.3, 0.4) is 0 Å². The largest absolute Gasteiger partial charge is 0.484 e. The van der Waals surface area contributed by atoms with Gasteiger partial charge in [-0.1, -0.05) is 12.1 Å². The summed E-state index contributed by atoms with van der Waals surface area (Å²) >= 11 is 0. The number of aryl methyl sites for hydroxylation is 1. The summed E-state index contributed by atoms with van der Waals surface area (Å²) in [6.07, 6.45) is 0. The maximum absolute atomic E-state index is 11.8. The van der Waals surface area contributed by atoms with Crippen LogP contribution in [-0.4, -0.2) is 22.4 Å². The highest BCUT2D eigenvalue weighted by Crippen LogP contribution is 2.22. The first-order valence-electron chi connectivity index (χ1n) is 6.79. The average Bonchev–Trinajstić information content (AvgIpc) is 2.54. The highest BCUT2D eigenvalue weighted by atomic mass is 16.6. The van der Waals surface area contributed by atoms with Gasteiger partial charge in [0, 0.05) is 23.4 Å². The first kappa shape index (κ1) is 16.9. The van der Waals surface area contributed by atoms with Gasteiger partial charge < -0.3 is 10.1 Å². The van der Waals surface area contributed by atoms with Crippen LogP contribution in [0.25, 0.3) is 0 Å². The molecule has 24 heavy (non-hydrogen) atoms. The Hall–Kier alpha value is -3.49. The number of non-ortho nitro benzene ring substituents is 1. The molecule has 0 aliphatic carbocycles. The number of amides is 1. The minimum absolute atomic E-state index is 0.104. The second-order valence-electron chi connectivity index (χ2n) is 4.85. The van der Waals surface area contributed by atoms with Crippen LogP contribution in [0.5, 0.6) is 5.75 Å². The highest BCUT2D eigenvalue weighted by Gasteiger charge is 2.13. The quantitative estimate of drug-likeness (QED) is 0.641. The third kappa shape index (κ3) is 4.26. The van der Waals surface area contributed by atoms with Crippen molar-refractivity contribution in [2.45, 2.75) is 6.92 Å². The van der Waals surface area contributed by atoms with Crippen molar-refractivity contribution in [3.05, 3.63) is 68.3 Å². The molecule has 2 aromatic carbocycles. The van der Waals surface area contributed by atoms with Crippen LogP contribution in [0.2, 0.25) is 0 Å². The van der Waals surface area contributed by atoms with Crippen LogP contribution >= 0.6 is 0 Å². The summed E-state index contributed by atoms with van der Waals surface area (Å²) in [6, 6.07) is 9.73. The van der Waals surface area contributed by atoms with Crippen molar-refractivity contribution in [2.75, 3.05) is 11.9 Å². The number of hydrogen-bond acceptors (Lipinski definition) is 6. The van der Waals surface area contributed by atoms with Gasteiger partial charge in [-0.2, -0.15) is 0 Å². The monoisotopic (exact) mass is 331 g/mol. The topological polar surface area (TPSA) is 125 Å². The summed E-state index contributed by atoms with van der Waals surface area (Å²) in [4.78, 5) is 32.3. The maximum atomic E-state index is 11.8. The number of carbonyl (C=O) groups excluding carboxylic acids is 1. The average molecular weight is 331 g/mol. The van der Waals surface area contributed by atoms with Gasteiger partial charge in [0.25, 0.3) is 17.3 Å². The highest BCUT2D eigenvalue weighted by molar-refractivity contribution is 5.92. The van der Waals surface area contributed by atoms with E-state index in [4.69, 9.17) is 4.74 Å². The van der Waals surface area contributed by atoms with E-state index in [-0.39, 0.29) is 29.4 Å². The Morgan fingerprint density at radius 1 is 1.12 bits per heavy atom. The van der Waals surface area contributed by atoms with E-state index in [1.807, 2.05) is 0 Å². The molecule has 0 aliphatic rings. The van der Waals surface area contributed by atoms with E-state index in [0.717, 1.165) is 0 Å². The molecule has 0 spiro atoms. The second kappa shape index (κ2) is 7.18. The van der Waals surface area contributed by atoms with Gasteiger partial charge >= 0.3 is 0 Å². The Bertz CT molecular complexity index is 806. The van der Waals surface area contributed by atoms with Gasteiger partial charge in [-0.05, 0) is 19.1 Å². The van der Waals surface area contributed by atoms with Crippen LogP contribution in [-0.2, 0) is 4.79 Å². The summed E-state index contributed by atoms with van der Waals surface area (Å²) < 4.78 is 5.18. The number of carbonyl (C=O) groups is 1. The molecule has 0 heterocycles. The van der Waals surface area contributed by atoms with Crippen molar-refractivity contribution in [2.24, 2.45) is 0 Å². The molecule has 0 atom stereocenters. The van der Waals surface area contributed by atoms with Gasteiger partial charge in [0.15, 0.2) is 6.61 Å². The fraction of sp³-hybridized carbons (Fsp3) is 0.133. The molecule has 1 N–H and O–H groups in total. The van der Waals surface area contributed by atoms with Crippen molar-refractivity contribution in [1.82, 2.24) is 0 Å². The lowest BCUT2D eigenvalue weighted by Gasteiger charge is -2.08. The lowest BCUT2D eigenvalue weighted by molar-refractivity contribution is -0.385. The number of nitro benzene ring substituents is 2. The van der Waals surface area contributed by atoms with Gasteiger partial charge in [0.05, 0.1) is 15.9 Å². The molecule has 0 fully saturated rings. The zero-order valence-electron chi connectivity index (χ0n) is 12.6. The number of benzene rings is 2. The Morgan fingerprint density at radius 2 is 1.88 bits per heavy atom. The molecule has 0 saturated heterocycles. The molecule has 0 saturated carbocycles. The van der Waals surface area contributed by atoms with Crippen molar-refractivity contribution in [1.29, 1.82) is 0 Å². The Kier molecular flexibility index (Phi) is 5.05. The minimum atomic E-state index is -0.571. The van der Waals surface area contributed by atoms with Crippen LogP contribution < -0.4 is 10.1 Å². The summed E-state index contributed by atoms with van der Waals surface area (Å²) in [5.74, 6) is -0.367. The Balaban J connectivity index is 1.99. The van der Waals surface area contributed by atoms with E-state index < -0.39 is 15.8 Å². The molecule has 0 aromatic heterocycles. The normalized spacial score (nSPS) is 10.0. The van der Waals surface area contributed by atoms with Crippen molar-refractivity contribution >= 4 is 23.0 Å². The van der Waals surface area contributed by atoms with Crippen LogP contribution in [0, 0.1) is 27.2 Å². The van der Waals surface area contributed by atoms with E-state index in [1.165, 1.54) is 42.5 Å². The predicted molar refractivity (Wildman–Crippen MR) is 85.1 cm³/mol. The molecule has 0 unspecified atom stereocenters. The summed E-state index contributed by atoms with van der Waals surface area (Å²) in [7, 11) is 0. The summed E-state index contributed by atoms with van der Waals surface area (Å²) in [6.45, 7) is 1.21. The lowest BCUT2D eigenvalue weighted by atomic mass is 10.2. The van der Waals surface area contributed by atoms with Gasteiger partial charge in [-0.15, -0.1) is 0 Å². The number of rotatable bonds is 6. The fourth-order valence-electron chi connectivity index (χ4n) is 1.92. The maximum Gasteiger partial charge on any atom is 0.274 e. The summed E-state index contributed by atoms with van der Waals surface area (Å²) in [5, 5.41) is 24.0. The zero-order valence-corrected chi connectivity index (χ0v) is 12.6. The predicted octanol–water partition coefficient (Wildman–Crippen LogP) is 2.83. The molecule has 9 nitrogen and oxygen atoms in total. The number of anilines is 1. The lowest BCUT2D eigenvalue weighted by Crippen LogP contribution is -2.20. The number of nitrogens with zero attached hydrogens (tertiary/aromatic N) is 2. The Labute approximate surface area is 136 Å². The molecule has 0 bridgehead atoms. The molecule has 2 rings (SSSR count). The molecule has 0 radical (unpaired) electrons. The molecular weight excluding hydrogens is 318 g/mol. The third-order valence-electron chi connectivity index (χ3n) is 3.09. The van der Waals surface area contributed by atoms with Crippen molar-refractivity contribution in [3.8, 4) is 5.75 Å². The molecule has 0 aliphatic heterocycles. The van der Waals surface area contributed by atoms with E-state index in [9.17, 15) is 25.0 Å². The minimum Gasteiger partial charge on any atom is -0.484 e. The molecule has 1 amide bonds. The standard InChI is InChI=1S/C15H13N3O6/c1-10-5-6-11(7-14(10)18(22)23)16-15(19)9-24-13-4-2-3-12(8-13)17(20)21/h2-8H,9H2,1H3,(H,16,19). The van der Waals surface area contributed by atoms with Crippen LogP contribution in [0.4, 0.5) is 17.1 Å². The first-order valence-corrected chi connectivity index (χ1v) is 6.79. The number of nitrogens with one attached hydrogen (secondary N) is 1. The third-order valence-corrected chi connectivity index (χ3v) is 3.09. The number of hydrogen-bond donors (Lipinski definition) is 1. The van der Waals surface area contributed by atoms with Crippen LogP contribution in [0.15, 0.2) is 42.5 Å². The first-order chi connectivity index (χ1) is 11.4. The Morgan fingerprint density at radius 3 is 2.54 bits per heavy atom.